The van der Waals surface area contributed by atoms with E-state index in [-0.39, 0.29) is 5.82 Å². The SMILES string of the molecule is CC1CCCN(c2cc(-c3ccccc3)nc3cc(-c4ccc(F)cc4)nn23)C1. The van der Waals surface area contributed by atoms with Gasteiger partial charge in [-0.15, -0.1) is 0 Å². The minimum absolute atomic E-state index is 0.245. The monoisotopic (exact) mass is 386 g/mol. The number of fused-ring (bicyclic) bond motifs is 1. The van der Waals surface area contributed by atoms with Gasteiger partial charge in [-0.05, 0) is 43.0 Å². The van der Waals surface area contributed by atoms with Crippen molar-refractivity contribution in [1.82, 2.24) is 14.6 Å². The maximum Gasteiger partial charge on any atom is 0.158 e. The second-order valence-corrected chi connectivity index (χ2v) is 7.87. The largest absolute Gasteiger partial charge is 0.356 e. The van der Waals surface area contributed by atoms with E-state index in [0.717, 1.165) is 47.1 Å². The van der Waals surface area contributed by atoms with Crippen LogP contribution >= 0.6 is 0 Å². The molecular weight excluding hydrogens is 363 g/mol. The highest BCUT2D eigenvalue weighted by atomic mass is 19.1. The van der Waals surface area contributed by atoms with Gasteiger partial charge in [-0.1, -0.05) is 37.3 Å². The van der Waals surface area contributed by atoms with Crippen molar-refractivity contribution >= 4 is 11.5 Å². The number of anilines is 1. The van der Waals surface area contributed by atoms with Gasteiger partial charge in [0.1, 0.15) is 11.6 Å². The molecule has 0 N–H and O–H groups in total. The summed E-state index contributed by atoms with van der Waals surface area (Å²) in [5, 5.41) is 4.84. The van der Waals surface area contributed by atoms with Gasteiger partial charge in [-0.25, -0.2) is 9.37 Å². The van der Waals surface area contributed by atoms with Crippen molar-refractivity contribution in [2.75, 3.05) is 18.0 Å². The Labute approximate surface area is 169 Å². The highest BCUT2D eigenvalue weighted by molar-refractivity contribution is 5.71. The fourth-order valence-corrected chi connectivity index (χ4v) is 4.10. The van der Waals surface area contributed by atoms with Gasteiger partial charge in [0.25, 0.3) is 0 Å². The summed E-state index contributed by atoms with van der Waals surface area (Å²) in [6.45, 7) is 4.33. The van der Waals surface area contributed by atoms with E-state index in [9.17, 15) is 4.39 Å². The predicted octanol–water partition coefficient (Wildman–Crippen LogP) is 5.44. The Morgan fingerprint density at radius 1 is 0.931 bits per heavy atom. The molecule has 3 heterocycles. The zero-order chi connectivity index (χ0) is 19.8. The fraction of sp³-hybridized carbons (Fsp3) is 0.250. The summed E-state index contributed by atoms with van der Waals surface area (Å²) in [7, 11) is 0. The third-order valence-corrected chi connectivity index (χ3v) is 5.60. The number of nitrogens with zero attached hydrogens (tertiary/aromatic N) is 4. The van der Waals surface area contributed by atoms with Gasteiger partial charge in [-0.3, -0.25) is 0 Å². The average Bonchev–Trinajstić information content (AvgIpc) is 3.18. The van der Waals surface area contributed by atoms with Crippen molar-refractivity contribution in [2.24, 2.45) is 5.92 Å². The Balaban J connectivity index is 1.67. The van der Waals surface area contributed by atoms with Gasteiger partial charge in [0, 0.05) is 36.3 Å². The van der Waals surface area contributed by atoms with Gasteiger partial charge in [-0.2, -0.15) is 9.61 Å². The third-order valence-electron chi connectivity index (χ3n) is 5.60. The first kappa shape index (κ1) is 17.9. The predicted molar refractivity (Wildman–Crippen MR) is 114 cm³/mol. The molecule has 2 aromatic carbocycles. The molecule has 5 heteroatoms. The van der Waals surface area contributed by atoms with Gasteiger partial charge >= 0.3 is 0 Å². The van der Waals surface area contributed by atoms with Gasteiger partial charge in [0.05, 0.1) is 11.4 Å². The van der Waals surface area contributed by atoms with Crippen molar-refractivity contribution < 1.29 is 4.39 Å². The molecule has 5 rings (SSSR count). The van der Waals surface area contributed by atoms with Gasteiger partial charge in [0.2, 0.25) is 0 Å². The standard InChI is InChI=1S/C24H23FN4/c1-17-6-5-13-28(16-17)24-15-21(18-7-3-2-4-8-18)26-23-14-22(27-29(23)24)19-9-11-20(25)12-10-19/h2-4,7-12,14-15,17H,5-6,13,16H2,1H3. The van der Waals surface area contributed by atoms with E-state index in [2.05, 4.69) is 30.0 Å². The number of hydrogen-bond acceptors (Lipinski definition) is 3. The quantitative estimate of drug-likeness (QED) is 0.470. The first-order valence-corrected chi connectivity index (χ1v) is 10.1. The Hall–Kier alpha value is -3.21. The molecule has 2 aromatic heterocycles. The number of halogens is 1. The molecule has 1 aliphatic heterocycles. The molecule has 1 fully saturated rings. The first-order valence-electron chi connectivity index (χ1n) is 10.1. The summed E-state index contributed by atoms with van der Waals surface area (Å²) < 4.78 is 15.3. The van der Waals surface area contributed by atoms with Crippen LogP contribution in [0.2, 0.25) is 0 Å². The molecule has 0 saturated carbocycles. The second-order valence-electron chi connectivity index (χ2n) is 7.87. The van der Waals surface area contributed by atoms with E-state index >= 15 is 0 Å². The molecule has 29 heavy (non-hydrogen) atoms. The van der Waals surface area contributed by atoms with Gasteiger partial charge < -0.3 is 4.90 Å². The van der Waals surface area contributed by atoms with Crippen molar-refractivity contribution in [3.8, 4) is 22.5 Å². The van der Waals surface area contributed by atoms with E-state index < -0.39 is 0 Å². The Kier molecular flexibility index (Phi) is 4.51. The van der Waals surface area contributed by atoms with Crippen LogP contribution in [0, 0.1) is 11.7 Å². The molecular formula is C24H23FN4. The van der Waals surface area contributed by atoms with Crippen molar-refractivity contribution in [2.45, 2.75) is 19.8 Å². The molecule has 146 valence electrons. The molecule has 0 aliphatic carbocycles. The lowest BCUT2D eigenvalue weighted by Gasteiger charge is -2.32. The number of piperidine rings is 1. The molecule has 4 aromatic rings. The maximum atomic E-state index is 13.3. The van der Waals surface area contributed by atoms with Crippen LogP contribution in [0.15, 0.2) is 66.7 Å². The molecule has 1 atom stereocenters. The van der Waals surface area contributed by atoms with Crippen molar-refractivity contribution in [3.63, 3.8) is 0 Å². The molecule has 4 nitrogen and oxygen atoms in total. The zero-order valence-electron chi connectivity index (χ0n) is 16.4. The van der Waals surface area contributed by atoms with Crippen LogP contribution in [0.5, 0.6) is 0 Å². The molecule has 0 spiro atoms. The summed E-state index contributed by atoms with van der Waals surface area (Å²) in [4.78, 5) is 7.30. The lowest BCUT2D eigenvalue weighted by Crippen LogP contribution is -2.35. The summed E-state index contributed by atoms with van der Waals surface area (Å²) >= 11 is 0. The average molecular weight is 386 g/mol. The summed E-state index contributed by atoms with van der Waals surface area (Å²) in [6.07, 6.45) is 2.44. The molecule has 0 amide bonds. The number of aromatic nitrogens is 3. The zero-order valence-corrected chi connectivity index (χ0v) is 16.4. The molecule has 1 unspecified atom stereocenters. The smallest absolute Gasteiger partial charge is 0.158 e. The van der Waals surface area contributed by atoms with Crippen LogP contribution < -0.4 is 4.90 Å². The molecule has 1 saturated heterocycles. The maximum absolute atomic E-state index is 13.3. The summed E-state index contributed by atoms with van der Waals surface area (Å²) in [5.74, 6) is 1.47. The second kappa shape index (κ2) is 7.32. The fourth-order valence-electron chi connectivity index (χ4n) is 4.10. The summed E-state index contributed by atoms with van der Waals surface area (Å²) in [6, 6.07) is 20.8. The minimum Gasteiger partial charge on any atom is -0.356 e. The van der Waals surface area contributed by atoms with Crippen LogP contribution in [0.25, 0.3) is 28.2 Å². The van der Waals surface area contributed by atoms with E-state index in [1.54, 1.807) is 12.1 Å². The topological polar surface area (TPSA) is 33.4 Å². The lowest BCUT2D eigenvalue weighted by atomic mass is 10.0. The highest BCUT2D eigenvalue weighted by Gasteiger charge is 2.21. The van der Waals surface area contributed by atoms with Crippen molar-refractivity contribution in [3.05, 3.63) is 72.5 Å². The normalized spacial score (nSPS) is 17.0. The minimum atomic E-state index is -0.245. The van der Waals surface area contributed by atoms with E-state index in [4.69, 9.17) is 10.1 Å². The number of rotatable bonds is 3. The van der Waals surface area contributed by atoms with Crippen LogP contribution in [-0.2, 0) is 0 Å². The number of hydrogen-bond donors (Lipinski definition) is 0. The molecule has 0 bridgehead atoms. The van der Waals surface area contributed by atoms with Crippen molar-refractivity contribution in [1.29, 1.82) is 0 Å². The van der Waals surface area contributed by atoms with E-state index in [1.807, 2.05) is 28.8 Å². The van der Waals surface area contributed by atoms with Gasteiger partial charge in [0.15, 0.2) is 5.65 Å². The highest BCUT2D eigenvalue weighted by Crippen LogP contribution is 2.30. The van der Waals surface area contributed by atoms with E-state index in [0.29, 0.717) is 5.92 Å². The molecule has 1 aliphatic rings. The van der Waals surface area contributed by atoms with Crippen LogP contribution in [0.3, 0.4) is 0 Å². The Morgan fingerprint density at radius 3 is 2.45 bits per heavy atom. The summed E-state index contributed by atoms with van der Waals surface area (Å²) in [5.41, 5.74) is 4.52. The third kappa shape index (κ3) is 3.48. The van der Waals surface area contributed by atoms with E-state index in [1.165, 1.54) is 25.0 Å². The lowest BCUT2D eigenvalue weighted by molar-refractivity contribution is 0.442. The Morgan fingerprint density at radius 2 is 1.69 bits per heavy atom. The Bertz CT molecular complexity index is 1130. The van der Waals surface area contributed by atoms with Crippen LogP contribution in [0.4, 0.5) is 10.2 Å². The number of benzene rings is 2. The van der Waals surface area contributed by atoms with Crippen LogP contribution in [0.1, 0.15) is 19.8 Å². The van der Waals surface area contributed by atoms with Crippen LogP contribution in [-0.4, -0.2) is 27.7 Å². The molecule has 0 radical (unpaired) electrons. The first-order chi connectivity index (χ1) is 14.2.